The highest BCUT2D eigenvalue weighted by Gasteiger charge is 2.26. The van der Waals surface area contributed by atoms with Gasteiger partial charge in [0.1, 0.15) is 5.82 Å². The average Bonchev–Trinajstić information content (AvgIpc) is 2.59. The van der Waals surface area contributed by atoms with Gasteiger partial charge in [-0.05, 0) is 18.2 Å². The zero-order valence-electron chi connectivity index (χ0n) is 12.9. The molecule has 0 aromatic heterocycles. The second-order valence-corrected chi connectivity index (χ2v) is 5.71. The number of nitrogens with two attached hydrogens (primary N) is 1. The molecule has 7 nitrogen and oxygen atoms in total. The van der Waals surface area contributed by atoms with Crippen molar-refractivity contribution < 1.29 is 18.8 Å². The summed E-state index contributed by atoms with van der Waals surface area (Å²) < 4.78 is 13.8. The topological polar surface area (TPSA) is 95.7 Å². The van der Waals surface area contributed by atoms with E-state index >= 15 is 0 Å². The number of amides is 3. The second kappa shape index (κ2) is 8.07. The first-order chi connectivity index (χ1) is 11.4. The Labute approximate surface area is 143 Å². The van der Waals surface area contributed by atoms with Crippen LogP contribution in [0.1, 0.15) is 10.4 Å². The molecule has 2 rings (SSSR count). The van der Waals surface area contributed by atoms with Crippen molar-refractivity contribution in [3.8, 4) is 0 Å². The summed E-state index contributed by atoms with van der Waals surface area (Å²) in [5.41, 5.74) is 5.10. The van der Waals surface area contributed by atoms with Crippen molar-refractivity contribution in [1.82, 2.24) is 15.1 Å². The first-order valence-electron chi connectivity index (χ1n) is 7.41. The third kappa shape index (κ3) is 4.42. The fourth-order valence-electron chi connectivity index (χ4n) is 2.35. The normalized spacial score (nSPS) is 14.5. The SMILES string of the molecule is NCC(=O)NCC(=O)N1CCN(C(=O)c2ccc(Cl)cc2F)CC1. The van der Waals surface area contributed by atoms with Gasteiger partial charge in [0.25, 0.3) is 5.91 Å². The van der Waals surface area contributed by atoms with Gasteiger partial charge in [-0.1, -0.05) is 11.6 Å². The third-order valence-electron chi connectivity index (χ3n) is 3.70. The molecule has 0 saturated carbocycles. The second-order valence-electron chi connectivity index (χ2n) is 5.28. The first-order valence-corrected chi connectivity index (χ1v) is 7.79. The Morgan fingerprint density at radius 2 is 1.79 bits per heavy atom. The van der Waals surface area contributed by atoms with E-state index in [-0.39, 0.29) is 42.7 Å². The van der Waals surface area contributed by atoms with Crippen LogP contribution in [0.15, 0.2) is 18.2 Å². The Bertz CT molecular complexity index is 648. The highest BCUT2D eigenvalue weighted by Crippen LogP contribution is 2.17. The largest absolute Gasteiger partial charge is 0.346 e. The number of nitrogens with zero attached hydrogens (tertiary/aromatic N) is 2. The van der Waals surface area contributed by atoms with Gasteiger partial charge in [-0.3, -0.25) is 14.4 Å². The standard InChI is InChI=1S/C15H18ClFN4O3/c16-10-1-2-11(12(17)7-10)15(24)21-5-3-20(4-6-21)14(23)9-19-13(22)8-18/h1-2,7H,3-6,8-9,18H2,(H,19,22). The predicted molar refractivity (Wildman–Crippen MR) is 86.0 cm³/mol. The average molecular weight is 357 g/mol. The zero-order valence-corrected chi connectivity index (χ0v) is 13.7. The molecule has 9 heteroatoms. The lowest BCUT2D eigenvalue weighted by Crippen LogP contribution is -2.53. The van der Waals surface area contributed by atoms with Crippen LogP contribution in [0.4, 0.5) is 4.39 Å². The lowest BCUT2D eigenvalue weighted by atomic mass is 10.1. The molecular weight excluding hydrogens is 339 g/mol. The summed E-state index contributed by atoms with van der Waals surface area (Å²) in [7, 11) is 0. The van der Waals surface area contributed by atoms with Crippen LogP contribution in [-0.2, 0) is 9.59 Å². The molecule has 1 aromatic rings. The molecule has 1 saturated heterocycles. The molecule has 3 N–H and O–H groups in total. The number of hydrogen-bond donors (Lipinski definition) is 2. The van der Waals surface area contributed by atoms with Crippen LogP contribution in [0.3, 0.4) is 0 Å². The van der Waals surface area contributed by atoms with Gasteiger partial charge < -0.3 is 20.9 Å². The van der Waals surface area contributed by atoms with Crippen LogP contribution in [0.25, 0.3) is 0 Å². The molecule has 1 fully saturated rings. The van der Waals surface area contributed by atoms with Gasteiger partial charge in [-0.25, -0.2) is 4.39 Å². The Morgan fingerprint density at radius 3 is 2.38 bits per heavy atom. The molecule has 24 heavy (non-hydrogen) atoms. The van der Waals surface area contributed by atoms with E-state index in [0.29, 0.717) is 13.1 Å². The van der Waals surface area contributed by atoms with Crippen LogP contribution in [-0.4, -0.2) is 66.8 Å². The molecule has 3 amide bonds. The van der Waals surface area contributed by atoms with Gasteiger partial charge in [-0.15, -0.1) is 0 Å². The Balaban J connectivity index is 1.89. The number of carbonyl (C=O) groups excluding carboxylic acids is 3. The molecular formula is C15H18ClFN4O3. The van der Waals surface area contributed by atoms with Crippen LogP contribution in [0.2, 0.25) is 5.02 Å². The number of halogens is 2. The maximum atomic E-state index is 13.8. The van der Waals surface area contributed by atoms with Gasteiger partial charge in [0.2, 0.25) is 11.8 Å². The van der Waals surface area contributed by atoms with Crippen LogP contribution in [0.5, 0.6) is 0 Å². The van der Waals surface area contributed by atoms with E-state index in [9.17, 15) is 18.8 Å². The van der Waals surface area contributed by atoms with Crippen LogP contribution in [0, 0.1) is 5.82 Å². The van der Waals surface area contributed by atoms with E-state index < -0.39 is 17.6 Å². The highest BCUT2D eigenvalue weighted by molar-refractivity contribution is 6.30. The maximum absolute atomic E-state index is 13.8. The van der Waals surface area contributed by atoms with Gasteiger partial charge in [-0.2, -0.15) is 0 Å². The molecule has 1 aliphatic heterocycles. The van der Waals surface area contributed by atoms with Crippen molar-refractivity contribution in [3.63, 3.8) is 0 Å². The summed E-state index contributed by atoms with van der Waals surface area (Å²) in [4.78, 5) is 38.3. The summed E-state index contributed by atoms with van der Waals surface area (Å²) in [5, 5.41) is 2.63. The first kappa shape index (κ1) is 18.2. The number of rotatable bonds is 4. The molecule has 1 heterocycles. The lowest BCUT2D eigenvalue weighted by molar-refractivity contribution is -0.133. The minimum Gasteiger partial charge on any atom is -0.346 e. The van der Waals surface area contributed by atoms with E-state index in [4.69, 9.17) is 17.3 Å². The third-order valence-corrected chi connectivity index (χ3v) is 3.94. The summed E-state index contributed by atoms with van der Waals surface area (Å²) in [5.74, 6) is -1.76. The zero-order chi connectivity index (χ0) is 17.7. The smallest absolute Gasteiger partial charge is 0.256 e. The lowest BCUT2D eigenvalue weighted by Gasteiger charge is -2.35. The molecule has 0 unspecified atom stereocenters. The predicted octanol–water partition coefficient (Wildman–Crippen LogP) is -0.162. The monoisotopic (exact) mass is 356 g/mol. The Hall–Kier alpha value is -2.19. The molecule has 130 valence electrons. The summed E-state index contributed by atoms with van der Waals surface area (Å²) in [6, 6.07) is 3.90. The molecule has 0 radical (unpaired) electrons. The Morgan fingerprint density at radius 1 is 1.17 bits per heavy atom. The van der Waals surface area contributed by atoms with E-state index in [2.05, 4.69) is 5.32 Å². The maximum Gasteiger partial charge on any atom is 0.256 e. The summed E-state index contributed by atoms with van der Waals surface area (Å²) in [6.07, 6.45) is 0. The quantitative estimate of drug-likeness (QED) is 0.783. The molecule has 1 aliphatic rings. The summed E-state index contributed by atoms with van der Waals surface area (Å²) >= 11 is 5.68. The fraction of sp³-hybridized carbons (Fsp3) is 0.400. The van der Waals surface area contributed by atoms with Crippen molar-refractivity contribution in [2.45, 2.75) is 0 Å². The fourth-order valence-corrected chi connectivity index (χ4v) is 2.51. The molecule has 1 aromatic carbocycles. The number of piperazine rings is 1. The van der Waals surface area contributed by atoms with E-state index in [1.807, 2.05) is 0 Å². The number of benzene rings is 1. The van der Waals surface area contributed by atoms with Gasteiger partial charge in [0.05, 0.1) is 18.7 Å². The van der Waals surface area contributed by atoms with Crippen molar-refractivity contribution in [2.75, 3.05) is 39.3 Å². The molecule has 0 spiro atoms. The molecule has 0 aliphatic carbocycles. The van der Waals surface area contributed by atoms with E-state index in [1.54, 1.807) is 4.90 Å². The van der Waals surface area contributed by atoms with Crippen molar-refractivity contribution in [1.29, 1.82) is 0 Å². The van der Waals surface area contributed by atoms with Gasteiger partial charge in [0, 0.05) is 31.2 Å². The van der Waals surface area contributed by atoms with Crippen LogP contribution < -0.4 is 11.1 Å². The van der Waals surface area contributed by atoms with Crippen molar-refractivity contribution in [2.24, 2.45) is 5.73 Å². The van der Waals surface area contributed by atoms with Gasteiger partial charge >= 0.3 is 0 Å². The number of hydrogen-bond acceptors (Lipinski definition) is 4. The highest BCUT2D eigenvalue weighted by atomic mass is 35.5. The van der Waals surface area contributed by atoms with Gasteiger partial charge in [0.15, 0.2) is 0 Å². The summed E-state index contributed by atoms with van der Waals surface area (Å²) in [6.45, 7) is 0.906. The van der Waals surface area contributed by atoms with Crippen molar-refractivity contribution in [3.05, 3.63) is 34.6 Å². The van der Waals surface area contributed by atoms with E-state index in [1.165, 1.54) is 17.0 Å². The van der Waals surface area contributed by atoms with Crippen molar-refractivity contribution >= 4 is 29.3 Å². The molecule has 0 bridgehead atoms. The van der Waals surface area contributed by atoms with Crippen LogP contribution >= 0.6 is 11.6 Å². The molecule has 0 atom stereocenters. The number of carbonyl (C=O) groups is 3. The van der Waals surface area contributed by atoms with E-state index in [0.717, 1.165) is 6.07 Å². The Kier molecular flexibility index (Phi) is 6.10. The minimum atomic E-state index is -0.671. The number of nitrogens with one attached hydrogen (secondary N) is 1. The minimum absolute atomic E-state index is 0.0469.